The predicted octanol–water partition coefficient (Wildman–Crippen LogP) is 3.27. The zero-order valence-corrected chi connectivity index (χ0v) is 11.5. The molecule has 94 valence electrons. The fourth-order valence-corrected chi connectivity index (χ4v) is 1.97. The van der Waals surface area contributed by atoms with Crippen LogP contribution >= 0.6 is 27.5 Å². The van der Waals surface area contributed by atoms with Gasteiger partial charge < -0.3 is 9.47 Å². The van der Waals surface area contributed by atoms with Crippen LogP contribution in [0.3, 0.4) is 0 Å². The second kappa shape index (κ2) is 6.81. The Morgan fingerprint density at radius 3 is 2.82 bits per heavy atom. The van der Waals surface area contributed by atoms with Gasteiger partial charge in [-0.3, -0.25) is 0 Å². The van der Waals surface area contributed by atoms with Crippen molar-refractivity contribution in [2.24, 2.45) is 0 Å². The van der Waals surface area contributed by atoms with E-state index in [1.807, 2.05) is 0 Å². The molecule has 0 radical (unpaired) electrons. The van der Waals surface area contributed by atoms with Crippen LogP contribution in [0, 0.1) is 5.82 Å². The molecule has 1 rings (SSSR count). The molecule has 0 fully saturated rings. The number of carbonyl (C=O) groups excluding carboxylic acids is 1. The van der Waals surface area contributed by atoms with Gasteiger partial charge in [0.25, 0.3) is 0 Å². The molecule has 1 aromatic carbocycles. The van der Waals surface area contributed by atoms with Crippen LogP contribution < -0.4 is 4.74 Å². The molecule has 0 aliphatic carbocycles. The van der Waals surface area contributed by atoms with Crippen molar-refractivity contribution in [3.8, 4) is 5.75 Å². The van der Waals surface area contributed by atoms with Gasteiger partial charge in [-0.05, 0) is 24.6 Å². The molecule has 0 atom stereocenters. The van der Waals surface area contributed by atoms with Crippen LogP contribution in [0.2, 0.25) is 0 Å². The molecule has 0 saturated carbocycles. The first-order chi connectivity index (χ1) is 8.08. The van der Waals surface area contributed by atoms with Gasteiger partial charge in [-0.15, -0.1) is 11.6 Å². The van der Waals surface area contributed by atoms with Crippen LogP contribution in [-0.4, -0.2) is 19.2 Å². The largest absolute Gasteiger partial charge is 0.479 e. The fourth-order valence-electron chi connectivity index (χ4n) is 1.12. The van der Waals surface area contributed by atoms with Gasteiger partial charge in [0.1, 0.15) is 0 Å². The molecule has 3 nitrogen and oxygen atoms in total. The van der Waals surface area contributed by atoms with Gasteiger partial charge in [0, 0.05) is 10.4 Å². The summed E-state index contributed by atoms with van der Waals surface area (Å²) in [6.45, 7) is 1.63. The number of alkyl halides is 1. The van der Waals surface area contributed by atoms with E-state index < -0.39 is 11.8 Å². The van der Waals surface area contributed by atoms with Gasteiger partial charge in [0.2, 0.25) is 0 Å². The van der Waals surface area contributed by atoms with E-state index in [1.54, 1.807) is 6.92 Å². The molecular weight excluding hydrogens is 314 g/mol. The minimum atomic E-state index is -0.562. The number of halogens is 3. The van der Waals surface area contributed by atoms with Crippen molar-refractivity contribution >= 4 is 33.5 Å². The molecule has 0 heterocycles. The highest BCUT2D eigenvalue weighted by Crippen LogP contribution is 2.27. The van der Waals surface area contributed by atoms with E-state index in [-0.39, 0.29) is 24.8 Å². The Kier molecular flexibility index (Phi) is 5.71. The summed E-state index contributed by atoms with van der Waals surface area (Å²) in [7, 11) is 0. The van der Waals surface area contributed by atoms with Crippen LogP contribution in [0.15, 0.2) is 16.6 Å². The molecule has 0 aliphatic rings. The average molecular weight is 326 g/mol. The highest BCUT2D eigenvalue weighted by molar-refractivity contribution is 9.10. The Morgan fingerprint density at radius 2 is 2.24 bits per heavy atom. The Hall–Kier alpha value is -0.810. The summed E-state index contributed by atoms with van der Waals surface area (Å²) in [5.41, 5.74) is 0.618. The van der Waals surface area contributed by atoms with Gasteiger partial charge >= 0.3 is 5.97 Å². The maximum absolute atomic E-state index is 13.5. The van der Waals surface area contributed by atoms with Crippen molar-refractivity contribution in [2.45, 2.75) is 12.8 Å². The van der Waals surface area contributed by atoms with Gasteiger partial charge in [-0.1, -0.05) is 15.9 Å². The van der Waals surface area contributed by atoms with Gasteiger partial charge in [0.05, 0.1) is 6.61 Å². The Morgan fingerprint density at radius 1 is 1.53 bits per heavy atom. The van der Waals surface area contributed by atoms with Crippen LogP contribution in [0.5, 0.6) is 5.75 Å². The molecule has 0 bridgehead atoms. The third-order valence-corrected chi connectivity index (χ3v) is 2.92. The molecule has 0 saturated heterocycles. The quantitative estimate of drug-likeness (QED) is 0.616. The number of benzene rings is 1. The van der Waals surface area contributed by atoms with E-state index in [0.29, 0.717) is 10.0 Å². The molecule has 0 aliphatic heterocycles. The zero-order chi connectivity index (χ0) is 12.8. The van der Waals surface area contributed by atoms with Crippen molar-refractivity contribution in [1.82, 2.24) is 0 Å². The van der Waals surface area contributed by atoms with Crippen molar-refractivity contribution in [3.63, 3.8) is 0 Å². The fraction of sp³-hybridized carbons (Fsp3) is 0.364. The van der Waals surface area contributed by atoms with E-state index in [2.05, 4.69) is 20.7 Å². The molecular formula is C11H11BrClFO3. The number of carbonyl (C=O) groups is 1. The third kappa shape index (κ3) is 4.16. The van der Waals surface area contributed by atoms with E-state index in [9.17, 15) is 9.18 Å². The lowest BCUT2D eigenvalue weighted by atomic mass is 10.2. The summed E-state index contributed by atoms with van der Waals surface area (Å²) in [5, 5.41) is 0. The van der Waals surface area contributed by atoms with Crippen LogP contribution in [0.1, 0.15) is 12.5 Å². The lowest BCUT2D eigenvalue weighted by Gasteiger charge is -2.09. The van der Waals surface area contributed by atoms with E-state index in [0.717, 1.165) is 0 Å². The van der Waals surface area contributed by atoms with Crippen LogP contribution in [0.25, 0.3) is 0 Å². The van der Waals surface area contributed by atoms with Gasteiger partial charge in [0.15, 0.2) is 18.2 Å². The maximum Gasteiger partial charge on any atom is 0.344 e. The second-order valence-electron chi connectivity index (χ2n) is 3.10. The lowest BCUT2D eigenvalue weighted by Crippen LogP contribution is -2.15. The topological polar surface area (TPSA) is 35.5 Å². The summed E-state index contributed by atoms with van der Waals surface area (Å²) in [4.78, 5) is 11.0. The first-order valence-electron chi connectivity index (χ1n) is 4.90. The van der Waals surface area contributed by atoms with Gasteiger partial charge in [-0.2, -0.15) is 0 Å². The van der Waals surface area contributed by atoms with E-state index >= 15 is 0 Å². The molecule has 6 heteroatoms. The molecule has 0 amide bonds. The minimum absolute atomic E-state index is 0.0150. The SMILES string of the molecule is CCOC(=O)COc1cc(Br)c(CCl)cc1F. The maximum atomic E-state index is 13.5. The molecule has 0 aromatic heterocycles. The Balaban J connectivity index is 2.72. The summed E-state index contributed by atoms with van der Waals surface area (Å²) >= 11 is 8.85. The van der Waals surface area contributed by atoms with Crippen LogP contribution in [0.4, 0.5) is 4.39 Å². The Labute approximate surface area is 112 Å². The number of esters is 1. The van der Waals surface area contributed by atoms with E-state index in [4.69, 9.17) is 16.3 Å². The standard InChI is InChI=1S/C11H11BrClFO3/c1-2-16-11(15)6-17-10-4-8(12)7(5-13)3-9(10)14/h3-4H,2,5-6H2,1H3. The second-order valence-corrected chi connectivity index (χ2v) is 4.22. The number of ether oxygens (including phenoxy) is 2. The molecule has 0 N–H and O–H groups in total. The minimum Gasteiger partial charge on any atom is -0.479 e. The average Bonchev–Trinajstić information content (AvgIpc) is 2.30. The Bertz CT molecular complexity index is 412. The molecule has 0 spiro atoms. The summed E-state index contributed by atoms with van der Waals surface area (Å²) in [6, 6.07) is 2.70. The summed E-state index contributed by atoms with van der Waals surface area (Å²) in [6.07, 6.45) is 0. The van der Waals surface area contributed by atoms with Crippen molar-refractivity contribution in [3.05, 3.63) is 28.0 Å². The number of rotatable bonds is 5. The van der Waals surface area contributed by atoms with Crippen molar-refractivity contribution < 1.29 is 18.7 Å². The first-order valence-corrected chi connectivity index (χ1v) is 6.23. The normalized spacial score (nSPS) is 10.1. The first kappa shape index (κ1) is 14.3. The van der Waals surface area contributed by atoms with Gasteiger partial charge in [-0.25, -0.2) is 9.18 Å². The lowest BCUT2D eigenvalue weighted by molar-refractivity contribution is -0.145. The zero-order valence-electron chi connectivity index (χ0n) is 9.13. The number of hydrogen-bond donors (Lipinski definition) is 0. The third-order valence-electron chi connectivity index (χ3n) is 1.90. The summed E-state index contributed by atoms with van der Waals surface area (Å²) < 4.78 is 23.8. The monoisotopic (exact) mass is 324 g/mol. The highest BCUT2D eigenvalue weighted by Gasteiger charge is 2.11. The summed E-state index contributed by atoms with van der Waals surface area (Å²) in [5.74, 6) is -0.924. The van der Waals surface area contributed by atoms with Crippen molar-refractivity contribution in [2.75, 3.05) is 13.2 Å². The smallest absolute Gasteiger partial charge is 0.344 e. The van der Waals surface area contributed by atoms with Crippen molar-refractivity contribution in [1.29, 1.82) is 0 Å². The highest BCUT2D eigenvalue weighted by atomic mass is 79.9. The molecule has 17 heavy (non-hydrogen) atoms. The molecule has 1 aromatic rings. The number of hydrogen-bond acceptors (Lipinski definition) is 3. The molecule has 0 unspecified atom stereocenters. The van der Waals surface area contributed by atoms with Crippen LogP contribution in [-0.2, 0) is 15.4 Å². The predicted molar refractivity (Wildman–Crippen MR) is 65.8 cm³/mol. The van der Waals surface area contributed by atoms with E-state index in [1.165, 1.54) is 12.1 Å².